The first-order valence-electron chi connectivity index (χ1n) is 11.5. The van der Waals surface area contributed by atoms with Gasteiger partial charge >= 0.3 is 6.18 Å². The van der Waals surface area contributed by atoms with Crippen molar-refractivity contribution in [1.29, 1.82) is 5.26 Å². The molecule has 9 heteroatoms. The molecule has 0 atom stereocenters. The molecular weight excluding hydrogens is 473 g/mol. The minimum Gasteiger partial charge on any atom is -0.497 e. The maximum atomic E-state index is 13.1. The van der Waals surface area contributed by atoms with Gasteiger partial charge in [0.1, 0.15) is 11.8 Å². The standard InChI is InChI=1S/C26H27F3N4OS/c1-34-20-3-4-24-22(13-20)21(18(14-30)16-32-24)8-11-33-9-6-19(7-10-33)31-15-17-2-5-25(35)23(12-17)26(27,28)29/h2-5,12-13,16,19,31,35H,6-11,15H2,1H3. The van der Waals surface area contributed by atoms with Gasteiger partial charge in [-0.2, -0.15) is 18.4 Å². The van der Waals surface area contributed by atoms with Gasteiger partial charge in [0.2, 0.25) is 0 Å². The van der Waals surface area contributed by atoms with E-state index in [1.807, 2.05) is 18.2 Å². The Morgan fingerprint density at radius 1 is 1.20 bits per heavy atom. The van der Waals surface area contributed by atoms with Crippen molar-refractivity contribution in [3.63, 3.8) is 0 Å². The SMILES string of the molecule is COc1ccc2ncc(C#N)c(CCN3CCC(NCc4ccc(S)c(C(F)(F)F)c4)CC3)c2c1. The Morgan fingerprint density at radius 3 is 2.66 bits per heavy atom. The Labute approximate surface area is 208 Å². The van der Waals surface area contributed by atoms with Gasteiger partial charge in [-0.15, -0.1) is 12.6 Å². The molecule has 0 aliphatic carbocycles. The molecule has 1 saturated heterocycles. The smallest absolute Gasteiger partial charge is 0.417 e. The van der Waals surface area contributed by atoms with Gasteiger partial charge in [0.25, 0.3) is 0 Å². The van der Waals surface area contributed by atoms with E-state index >= 15 is 0 Å². The number of alkyl halides is 3. The second-order valence-electron chi connectivity index (χ2n) is 8.74. The van der Waals surface area contributed by atoms with E-state index in [1.165, 1.54) is 12.1 Å². The highest BCUT2D eigenvalue weighted by Gasteiger charge is 2.33. The summed E-state index contributed by atoms with van der Waals surface area (Å²) in [7, 11) is 1.62. The summed E-state index contributed by atoms with van der Waals surface area (Å²) in [6, 6.07) is 12.5. The normalized spacial score (nSPS) is 15.3. The number of rotatable bonds is 7. The maximum Gasteiger partial charge on any atom is 0.417 e. The zero-order valence-electron chi connectivity index (χ0n) is 19.4. The summed E-state index contributed by atoms with van der Waals surface area (Å²) in [6.07, 6.45) is -0.233. The summed E-state index contributed by atoms with van der Waals surface area (Å²) < 4.78 is 44.7. The van der Waals surface area contributed by atoms with Crippen LogP contribution in [0.3, 0.4) is 0 Å². The van der Waals surface area contributed by atoms with E-state index in [-0.39, 0.29) is 10.9 Å². The highest BCUT2D eigenvalue weighted by atomic mass is 32.1. The zero-order valence-corrected chi connectivity index (χ0v) is 20.3. The third-order valence-electron chi connectivity index (χ3n) is 6.53. The number of thiol groups is 1. The summed E-state index contributed by atoms with van der Waals surface area (Å²) in [5.41, 5.74) is 2.29. The number of nitriles is 1. The molecule has 35 heavy (non-hydrogen) atoms. The number of methoxy groups -OCH3 is 1. The lowest BCUT2D eigenvalue weighted by atomic mass is 9.99. The van der Waals surface area contributed by atoms with Crippen LogP contribution in [0.2, 0.25) is 0 Å². The molecule has 5 nitrogen and oxygen atoms in total. The molecule has 0 radical (unpaired) electrons. The topological polar surface area (TPSA) is 61.2 Å². The first-order chi connectivity index (χ1) is 16.8. The Balaban J connectivity index is 1.33. The minimum absolute atomic E-state index is 0.0606. The summed E-state index contributed by atoms with van der Waals surface area (Å²) in [6.45, 7) is 2.97. The molecule has 0 saturated carbocycles. The molecule has 3 aromatic rings. The van der Waals surface area contributed by atoms with Gasteiger partial charge in [0.05, 0.1) is 23.8 Å². The highest BCUT2D eigenvalue weighted by molar-refractivity contribution is 7.80. The van der Waals surface area contributed by atoms with Gasteiger partial charge in [-0.05, 0) is 73.8 Å². The molecule has 4 rings (SSSR count). The number of benzene rings is 2. The number of nitrogens with one attached hydrogen (secondary N) is 1. The second kappa shape index (κ2) is 10.9. The zero-order chi connectivity index (χ0) is 25.0. The third kappa shape index (κ3) is 6.07. The van der Waals surface area contributed by atoms with E-state index in [4.69, 9.17) is 4.74 Å². The van der Waals surface area contributed by atoms with Crippen LogP contribution in [0.5, 0.6) is 5.75 Å². The lowest BCUT2D eigenvalue weighted by molar-refractivity contribution is -0.139. The number of nitrogens with zero attached hydrogens (tertiary/aromatic N) is 3. The van der Waals surface area contributed by atoms with Crippen molar-refractivity contribution < 1.29 is 17.9 Å². The lowest BCUT2D eigenvalue weighted by Gasteiger charge is -2.32. The highest BCUT2D eigenvalue weighted by Crippen LogP contribution is 2.34. The average molecular weight is 501 g/mol. The van der Waals surface area contributed by atoms with Crippen LogP contribution in [0, 0.1) is 11.3 Å². The molecule has 184 valence electrons. The van der Waals surface area contributed by atoms with Gasteiger partial charge in [0, 0.05) is 35.6 Å². The van der Waals surface area contributed by atoms with Crippen molar-refractivity contribution in [2.45, 2.75) is 42.9 Å². The van der Waals surface area contributed by atoms with Crippen molar-refractivity contribution >= 4 is 23.5 Å². The quantitative estimate of drug-likeness (QED) is 0.436. The van der Waals surface area contributed by atoms with Gasteiger partial charge in [-0.1, -0.05) is 6.07 Å². The monoisotopic (exact) mass is 500 g/mol. The molecule has 1 aliphatic heterocycles. The number of fused-ring (bicyclic) bond motifs is 1. The number of aromatic nitrogens is 1. The number of pyridine rings is 1. The fraction of sp³-hybridized carbons (Fsp3) is 0.385. The first-order valence-corrected chi connectivity index (χ1v) is 11.9. The maximum absolute atomic E-state index is 13.1. The van der Waals surface area contributed by atoms with E-state index in [1.54, 1.807) is 19.4 Å². The molecule has 0 unspecified atom stereocenters. The van der Waals surface area contributed by atoms with E-state index < -0.39 is 11.7 Å². The molecule has 1 fully saturated rings. The number of likely N-dealkylation sites (tertiary alicyclic amines) is 1. The first kappa shape index (κ1) is 25.3. The van der Waals surface area contributed by atoms with Crippen LogP contribution in [-0.4, -0.2) is 42.7 Å². The summed E-state index contributed by atoms with van der Waals surface area (Å²) in [4.78, 5) is 6.70. The van der Waals surface area contributed by atoms with E-state index in [0.29, 0.717) is 17.7 Å². The second-order valence-corrected chi connectivity index (χ2v) is 9.22. The Bertz CT molecular complexity index is 1230. The van der Waals surface area contributed by atoms with Crippen molar-refractivity contribution in [3.8, 4) is 11.8 Å². The molecule has 1 aromatic heterocycles. The van der Waals surface area contributed by atoms with Gasteiger partial charge in [-0.3, -0.25) is 4.98 Å². The Hall–Kier alpha value is -2.80. The molecule has 0 amide bonds. The van der Waals surface area contributed by atoms with Crippen LogP contribution in [-0.2, 0) is 19.1 Å². The van der Waals surface area contributed by atoms with Crippen molar-refractivity contribution in [3.05, 3.63) is 64.8 Å². The van der Waals surface area contributed by atoms with Crippen LogP contribution in [0.25, 0.3) is 10.9 Å². The Morgan fingerprint density at radius 2 is 1.97 bits per heavy atom. The predicted octanol–water partition coefficient (Wildman–Crippen LogP) is 5.22. The van der Waals surface area contributed by atoms with Gasteiger partial charge in [-0.25, -0.2) is 0 Å². The number of ether oxygens (including phenoxy) is 1. The summed E-state index contributed by atoms with van der Waals surface area (Å²) in [5, 5.41) is 13.9. The molecule has 2 heterocycles. The van der Waals surface area contributed by atoms with Crippen LogP contribution >= 0.6 is 12.6 Å². The lowest BCUT2D eigenvalue weighted by Crippen LogP contribution is -2.42. The number of piperidine rings is 1. The van der Waals surface area contributed by atoms with Gasteiger partial charge in [0.15, 0.2) is 0 Å². The van der Waals surface area contributed by atoms with Gasteiger partial charge < -0.3 is 15.0 Å². The number of hydrogen-bond acceptors (Lipinski definition) is 6. The van der Waals surface area contributed by atoms with Crippen molar-refractivity contribution in [1.82, 2.24) is 15.2 Å². The summed E-state index contributed by atoms with van der Waals surface area (Å²) >= 11 is 3.93. The molecule has 2 aromatic carbocycles. The largest absolute Gasteiger partial charge is 0.497 e. The fourth-order valence-electron chi connectivity index (χ4n) is 4.53. The summed E-state index contributed by atoms with van der Waals surface area (Å²) in [5.74, 6) is 0.730. The van der Waals surface area contributed by atoms with E-state index in [0.717, 1.165) is 61.1 Å². The van der Waals surface area contributed by atoms with E-state index in [2.05, 4.69) is 33.9 Å². The van der Waals surface area contributed by atoms with Crippen molar-refractivity contribution in [2.24, 2.45) is 0 Å². The molecule has 1 aliphatic rings. The van der Waals surface area contributed by atoms with E-state index in [9.17, 15) is 18.4 Å². The number of hydrogen-bond donors (Lipinski definition) is 2. The van der Waals surface area contributed by atoms with Crippen LogP contribution in [0.15, 0.2) is 47.5 Å². The average Bonchev–Trinajstić information content (AvgIpc) is 2.86. The third-order valence-corrected chi connectivity index (χ3v) is 6.92. The minimum atomic E-state index is -4.41. The molecule has 1 N–H and O–H groups in total. The Kier molecular flexibility index (Phi) is 7.85. The molecule has 0 bridgehead atoms. The molecule has 0 spiro atoms. The van der Waals surface area contributed by atoms with Crippen molar-refractivity contribution in [2.75, 3.05) is 26.7 Å². The fourth-order valence-corrected chi connectivity index (χ4v) is 4.80. The van der Waals surface area contributed by atoms with Crippen LogP contribution in [0.1, 0.15) is 35.1 Å². The molecular formula is C26H27F3N4OS. The van der Waals surface area contributed by atoms with Crippen LogP contribution < -0.4 is 10.1 Å². The van der Waals surface area contributed by atoms with Crippen LogP contribution in [0.4, 0.5) is 13.2 Å². The predicted molar refractivity (Wildman–Crippen MR) is 132 cm³/mol. The number of halogens is 3.